The fourth-order valence-corrected chi connectivity index (χ4v) is 2.89. The smallest absolute Gasteiger partial charge is 0.123 e. The second-order valence-corrected chi connectivity index (χ2v) is 9.24. The predicted molar refractivity (Wildman–Crippen MR) is 117 cm³/mol. The Morgan fingerprint density at radius 3 is 2.15 bits per heavy atom. The summed E-state index contributed by atoms with van der Waals surface area (Å²) in [6, 6.07) is 14.0. The first-order chi connectivity index (χ1) is 12.5. The zero-order chi connectivity index (χ0) is 20.2. The van der Waals surface area contributed by atoms with Crippen LogP contribution < -0.4 is 15.2 Å². The summed E-state index contributed by atoms with van der Waals surface area (Å²) >= 11 is 5.00. The van der Waals surface area contributed by atoms with Crippen LogP contribution in [0.3, 0.4) is 0 Å². The van der Waals surface area contributed by atoms with E-state index in [1.807, 2.05) is 24.3 Å². The van der Waals surface area contributed by atoms with Gasteiger partial charge in [-0.25, -0.2) is 0 Å². The summed E-state index contributed by atoms with van der Waals surface area (Å²) in [5, 5.41) is 0. The normalized spacial score (nSPS) is 11.9. The van der Waals surface area contributed by atoms with Crippen LogP contribution in [0, 0.1) is 0 Å². The molecule has 2 N–H and O–H groups in total. The highest BCUT2D eigenvalue weighted by Crippen LogP contribution is 2.35. The molecule has 27 heavy (non-hydrogen) atoms. The van der Waals surface area contributed by atoms with Gasteiger partial charge in [0.2, 0.25) is 0 Å². The molecule has 0 aromatic heterocycles. The molecule has 0 fully saturated rings. The maximum Gasteiger partial charge on any atom is 0.123 e. The molecule has 3 nitrogen and oxygen atoms in total. The van der Waals surface area contributed by atoms with Crippen LogP contribution in [0.5, 0.6) is 11.5 Å². The lowest BCUT2D eigenvalue weighted by molar-refractivity contribution is 0.214. The molecular formula is C23H31NO2S. The lowest BCUT2D eigenvalue weighted by Crippen LogP contribution is -2.19. The molecule has 0 heterocycles. The van der Waals surface area contributed by atoms with E-state index in [9.17, 15) is 0 Å². The van der Waals surface area contributed by atoms with Crippen molar-refractivity contribution in [1.29, 1.82) is 0 Å². The van der Waals surface area contributed by atoms with Gasteiger partial charge in [-0.3, -0.25) is 0 Å². The molecule has 2 rings (SSSR count). The van der Waals surface area contributed by atoms with Crippen molar-refractivity contribution in [3.63, 3.8) is 0 Å². The van der Waals surface area contributed by atoms with Crippen LogP contribution in [0.2, 0.25) is 0 Å². The van der Waals surface area contributed by atoms with Gasteiger partial charge in [0.1, 0.15) is 29.7 Å². The van der Waals surface area contributed by atoms with Gasteiger partial charge >= 0.3 is 0 Å². The average molecular weight is 386 g/mol. The van der Waals surface area contributed by atoms with E-state index in [1.165, 1.54) is 11.1 Å². The highest BCUT2D eigenvalue weighted by atomic mass is 32.1. The van der Waals surface area contributed by atoms with E-state index in [0.717, 1.165) is 17.1 Å². The van der Waals surface area contributed by atoms with Crippen LogP contribution in [0.15, 0.2) is 42.5 Å². The second kappa shape index (κ2) is 8.30. The Kier molecular flexibility index (Phi) is 6.53. The summed E-state index contributed by atoms with van der Waals surface area (Å²) in [5.74, 6) is 1.65. The van der Waals surface area contributed by atoms with E-state index < -0.39 is 0 Å². The van der Waals surface area contributed by atoms with Gasteiger partial charge in [-0.15, -0.1) is 0 Å². The maximum atomic E-state index is 6.06. The van der Waals surface area contributed by atoms with Crippen molar-refractivity contribution < 1.29 is 9.47 Å². The standard InChI is InChI=1S/C23H31NO2S/c1-22(2,3)17-10-11-20(19(15-17)23(4,5)6)26-13-12-25-18-9-7-8-16(14-18)21(24)27/h7-11,14-15H,12-13H2,1-6H3,(H2,24,27). The third-order valence-corrected chi connectivity index (χ3v) is 4.62. The SMILES string of the molecule is CC(C)(C)c1ccc(OCCOc2cccc(C(N)=S)c2)c(C(C)(C)C)c1. The zero-order valence-electron chi connectivity index (χ0n) is 17.3. The van der Waals surface area contributed by atoms with Crippen molar-refractivity contribution in [1.82, 2.24) is 0 Å². The summed E-state index contributed by atoms with van der Waals surface area (Å²) in [5.41, 5.74) is 9.10. The number of benzene rings is 2. The maximum absolute atomic E-state index is 6.06. The summed E-state index contributed by atoms with van der Waals surface area (Å²) < 4.78 is 11.8. The molecule has 0 bridgehead atoms. The fourth-order valence-electron chi connectivity index (χ4n) is 2.76. The molecule has 2 aromatic carbocycles. The minimum Gasteiger partial charge on any atom is -0.490 e. The molecule has 0 atom stereocenters. The van der Waals surface area contributed by atoms with Crippen LogP contribution >= 0.6 is 12.2 Å². The molecule has 0 saturated carbocycles. The number of ether oxygens (including phenoxy) is 2. The van der Waals surface area contributed by atoms with Crippen LogP contribution in [0.25, 0.3) is 0 Å². The molecule has 4 heteroatoms. The third-order valence-electron chi connectivity index (χ3n) is 4.38. The minimum atomic E-state index is 0.00258. The van der Waals surface area contributed by atoms with Gasteiger partial charge in [-0.2, -0.15) is 0 Å². The fraction of sp³-hybridized carbons (Fsp3) is 0.435. The molecule has 146 valence electrons. The Balaban J connectivity index is 2.05. The van der Waals surface area contributed by atoms with E-state index in [2.05, 4.69) is 59.7 Å². The Morgan fingerprint density at radius 2 is 1.56 bits per heavy atom. The van der Waals surface area contributed by atoms with Crippen molar-refractivity contribution >= 4 is 17.2 Å². The van der Waals surface area contributed by atoms with E-state index in [-0.39, 0.29) is 10.8 Å². The van der Waals surface area contributed by atoms with Crippen LogP contribution in [-0.2, 0) is 10.8 Å². The van der Waals surface area contributed by atoms with Gasteiger partial charge < -0.3 is 15.2 Å². The van der Waals surface area contributed by atoms with Gasteiger partial charge in [0.15, 0.2) is 0 Å². The first kappa shape index (κ1) is 21.2. The molecule has 0 aliphatic heterocycles. The third kappa shape index (κ3) is 5.96. The van der Waals surface area contributed by atoms with Crippen molar-refractivity contribution in [3.05, 3.63) is 59.2 Å². The van der Waals surface area contributed by atoms with Crippen LogP contribution in [-0.4, -0.2) is 18.2 Å². The molecule has 0 spiro atoms. The number of hydrogen-bond donors (Lipinski definition) is 1. The molecule has 0 aliphatic rings. The molecule has 0 radical (unpaired) electrons. The molecule has 0 aliphatic carbocycles. The molecular weight excluding hydrogens is 354 g/mol. The van der Waals surface area contributed by atoms with Crippen molar-refractivity contribution in [2.24, 2.45) is 5.73 Å². The number of rotatable bonds is 6. The molecule has 0 saturated heterocycles. The number of nitrogens with two attached hydrogens (primary N) is 1. The van der Waals surface area contributed by atoms with Crippen LogP contribution in [0.4, 0.5) is 0 Å². The van der Waals surface area contributed by atoms with Gasteiger partial charge in [0, 0.05) is 5.56 Å². The summed E-state index contributed by atoms with van der Waals surface area (Å²) in [6.07, 6.45) is 0. The van der Waals surface area contributed by atoms with E-state index in [4.69, 9.17) is 27.4 Å². The second-order valence-electron chi connectivity index (χ2n) is 8.80. The predicted octanol–water partition coefficient (Wildman–Crippen LogP) is 5.37. The monoisotopic (exact) mass is 385 g/mol. The average Bonchev–Trinajstić information content (AvgIpc) is 2.57. The lowest BCUT2D eigenvalue weighted by atomic mass is 9.80. The highest BCUT2D eigenvalue weighted by Gasteiger charge is 2.23. The Labute approximate surface area is 168 Å². The van der Waals surface area contributed by atoms with Gasteiger partial charge in [0.25, 0.3) is 0 Å². The van der Waals surface area contributed by atoms with Crippen molar-refractivity contribution in [2.45, 2.75) is 52.4 Å². The highest BCUT2D eigenvalue weighted by molar-refractivity contribution is 7.80. The first-order valence-corrected chi connectivity index (χ1v) is 9.70. The largest absolute Gasteiger partial charge is 0.490 e. The van der Waals surface area contributed by atoms with Gasteiger partial charge in [-0.05, 0) is 40.2 Å². The number of hydrogen-bond acceptors (Lipinski definition) is 3. The summed E-state index contributed by atoms with van der Waals surface area (Å²) in [6.45, 7) is 14.2. The molecule has 0 unspecified atom stereocenters. The number of thiocarbonyl (C=S) groups is 1. The molecule has 0 amide bonds. The Morgan fingerprint density at radius 1 is 0.889 bits per heavy atom. The van der Waals surface area contributed by atoms with E-state index in [1.54, 1.807) is 0 Å². The quantitative estimate of drug-likeness (QED) is 0.536. The molecule has 2 aromatic rings. The summed E-state index contributed by atoms with van der Waals surface area (Å²) in [7, 11) is 0. The zero-order valence-corrected chi connectivity index (χ0v) is 18.1. The van der Waals surface area contributed by atoms with Gasteiger partial charge in [-0.1, -0.05) is 78.0 Å². The Hall–Kier alpha value is -2.07. The van der Waals surface area contributed by atoms with Crippen molar-refractivity contribution in [2.75, 3.05) is 13.2 Å². The van der Waals surface area contributed by atoms with Crippen LogP contribution in [0.1, 0.15) is 58.2 Å². The lowest BCUT2D eigenvalue weighted by Gasteiger charge is -2.27. The summed E-state index contributed by atoms with van der Waals surface area (Å²) in [4.78, 5) is 0.366. The van der Waals surface area contributed by atoms with E-state index >= 15 is 0 Å². The first-order valence-electron chi connectivity index (χ1n) is 9.29. The Bertz CT molecular complexity index is 801. The topological polar surface area (TPSA) is 44.5 Å². The minimum absolute atomic E-state index is 0.00258. The van der Waals surface area contributed by atoms with Gasteiger partial charge in [0.05, 0.1) is 0 Å². The van der Waals surface area contributed by atoms with E-state index in [0.29, 0.717) is 18.2 Å². The van der Waals surface area contributed by atoms with Crippen molar-refractivity contribution in [3.8, 4) is 11.5 Å².